The zero-order valence-corrected chi connectivity index (χ0v) is 11.1. The van der Waals surface area contributed by atoms with Gasteiger partial charge in [0.25, 0.3) is 5.91 Å². The van der Waals surface area contributed by atoms with Gasteiger partial charge in [0, 0.05) is 24.7 Å². The van der Waals surface area contributed by atoms with Crippen LogP contribution < -0.4 is 0 Å². The molecule has 2 fully saturated rings. The Balaban J connectivity index is 1.70. The molecule has 1 aliphatic heterocycles. The lowest BCUT2D eigenvalue weighted by Gasteiger charge is -2.34. The first-order valence-electron chi connectivity index (χ1n) is 6.80. The smallest absolute Gasteiger partial charge is 0.254 e. The molecule has 3 rings (SSSR count). The minimum absolute atomic E-state index is 0.0347. The molecule has 4 nitrogen and oxygen atoms in total. The molecule has 2 aliphatic rings. The highest BCUT2D eigenvalue weighted by Crippen LogP contribution is 2.28. The summed E-state index contributed by atoms with van der Waals surface area (Å²) in [6, 6.07) is 7.98. The van der Waals surface area contributed by atoms with Crippen LogP contribution in [0.3, 0.4) is 0 Å². The number of hydrogen-bond acceptors (Lipinski definition) is 2. The van der Waals surface area contributed by atoms with Crippen LogP contribution in [-0.4, -0.2) is 47.3 Å². The molecule has 2 amide bonds. The Labute approximate surface area is 113 Å². The number of benzene rings is 1. The standard InChI is InChI=1S/C15H18N2O2/c1-11-3-2-4-12(9-11)15(19)16-7-8-17(13-5-6-13)14(18)10-16/h2-4,9,13H,5-8,10H2,1H3. The molecule has 0 unspecified atom stereocenters. The van der Waals surface area contributed by atoms with Gasteiger partial charge in [-0.1, -0.05) is 17.7 Å². The van der Waals surface area contributed by atoms with E-state index in [1.54, 1.807) is 4.90 Å². The Morgan fingerprint density at radius 2 is 2.05 bits per heavy atom. The van der Waals surface area contributed by atoms with Crippen LogP contribution in [0.2, 0.25) is 0 Å². The van der Waals surface area contributed by atoms with Crippen molar-refractivity contribution in [2.75, 3.05) is 19.6 Å². The van der Waals surface area contributed by atoms with Crippen molar-refractivity contribution in [3.63, 3.8) is 0 Å². The van der Waals surface area contributed by atoms with E-state index in [-0.39, 0.29) is 18.4 Å². The van der Waals surface area contributed by atoms with Gasteiger partial charge < -0.3 is 9.80 Å². The topological polar surface area (TPSA) is 40.6 Å². The number of aryl methyl sites for hydroxylation is 1. The van der Waals surface area contributed by atoms with E-state index >= 15 is 0 Å². The molecule has 0 aromatic heterocycles. The first-order valence-corrected chi connectivity index (χ1v) is 6.80. The second-order valence-electron chi connectivity index (χ2n) is 5.41. The Kier molecular flexibility index (Phi) is 3.01. The maximum atomic E-state index is 12.3. The van der Waals surface area contributed by atoms with Crippen molar-refractivity contribution < 1.29 is 9.59 Å². The zero-order valence-electron chi connectivity index (χ0n) is 11.1. The molecule has 1 aromatic rings. The fraction of sp³-hybridized carbons (Fsp3) is 0.467. The van der Waals surface area contributed by atoms with Crippen molar-refractivity contribution in [3.05, 3.63) is 35.4 Å². The summed E-state index contributed by atoms with van der Waals surface area (Å²) in [4.78, 5) is 28.0. The molecule has 0 bridgehead atoms. The maximum absolute atomic E-state index is 12.3. The van der Waals surface area contributed by atoms with E-state index in [1.807, 2.05) is 36.1 Å². The maximum Gasteiger partial charge on any atom is 0.254 e. The van der Waals surface area contributed by atoms with Crippen LogP contribution in [0.4, 0.5) is 0 Å². The Morgan fingerprint density at radius 3 is 2.68 bits per heavy atom. The predicted octanol–water partition coefficient (Wildman–Crippen LogP) is 1.44. The van der Waals surface area contributed by atoms with E-state index in [0.717, 1.165) is 18.4 Å². The van der Waals surface area contributed by atoms with Gasteiger partial charge in [0.05, 0.1) is 0 Å². The number of amides is 2. The number of carbonyl (C=O) groups is 2. The molecule has 1 saturated carbocycles. The summed E-state index contributed by atoms with van der Waals surface area (Å²) in [5.74, 6) is 0.0576. The molecule has 0 spiro atoms. The molecule has 19 heavy (non-hydrogen) atoms. The van der Waals surface area contributed by atoms with Crippen LogP contribution in [0.1, 0.15) is 28.8 Å². The van der Waals surface area contributed by atoms with Gasteiger partial charge in [-0.3, -0.25) is 9.59 Å². The summed E-state index contributed by atoms with van der Waals surface area (Å²) in [6.07, 6.45) is 2.25. The van der Waals surface area contributed by atoms with Crippen LogP contribution >= 0.6 is 0 Å². The molecule has 1 saturated heterocycles. The van der Waals surface area contributed by atoms with E-state index < -0.39 is 0 Å². The van der Waals surface area contributed by atoms with Gasteiger partial charge in [-0.15, -0.1) is 0 Å². The fourth-order valence-electron chi connectivity index (χ4n) is 2.59. The molecule has 1 heterocycles. The second kappa shape index (κ2) is 4.68. The highest BCUT2D eigenvalue weighted by atomic mass is 16.2. The molecule has 0 atom stereocenters. The molecule has 1 aliphatic carbocycles. The van der Waals surface area contributed by atoms with Gasteiger partial charge in [-0.05, 0) is 31.9 Å². The van der Waals surface area contributed by atoms with Crippen molar-refractivity contribution in [1.82, 2.24) is 9.80 Å². The minimum atomic E-state index is -0.0347. The van der Waals surface area contributed by atoms with E-state index in [1.165, 1.54) is 0 Å². The number of nitrogens with zero attached hydrogens (tertiary/aromatic N) is 2. The number of rotatable bonds is 2. The SMILES string of the molecule is Cc1cccc(C(=O)N2CCN(C3CC3)C(=O)C2)c1. The molecule has 1 aromatic carbocycles. The average Bonchev–Trinajstić information content (AvgIpc) is 3.22. The summed E-state index contributed by atoms with van der Waals surface area (Å²) in [5.41, 5.74) is 1.74. The largest absolute Gasteiger partial charge is 0.336 e. The molecule has 100 valence electrons. The fourth-order valence-corrected chi connectivity index (χ4v) is 2.59. The van der Waals surface area contributed by atoms with Gasteiger partial charge in [-0.25, -0.2) is 0 Å². The number of piperazine rings is 1. The molecule has 4 heteroatoms. The van der Waals surface area contributed by atoms with E-state index in [9.17, 15) is 9.59 Å². The van der Waals surface area contributed by atoms with Crippen molar-refractivity contribution in [1.29, 1.82) is 0 Å². The third-order valence-corrected chi connectivity index (χ3v) is 3.80. The van der Waals surface area contributed by atoms with Crippen LogP contribution in [0.15, 0.2) is 24.3 Å². The third-order valence-electron chi connectivity index (χ3n) is 3.80. The highest BCUT2D eigenvalue weighted by Gasteiger charge is 2.36. The average molecular weight is 258 g/mol. The van der Waals surface area contributed by atoms with Crippen molar-refractivity contribution >= 4 is 11.8 Å². The normalized spacial score (nSPS) is 19.7. The molecular weight excluding hydrogens is 240 g/mol. The molecule has 0 N–H and O–H groups in total. The second-order valence-corrected chi connectivity index (χ2v) is 5.41. The zero-order chi connectivity index (χ0) is 13.4. The van der Waals surface area contributed by atoms with Crippen molar-refractivity contribution in [2.45, 2.75) is 25.8 Å². The van der Waals surface area contributed by atoms with Crippen molar-refractivity contribution in [3.8, 4) is 0 Å². The van der Waals surface area contributed by atoms with Gasteiger partial charge in [0.15, 0.2) is 0 Å². The summed E-state index contributed by atoms with van der Waals surface area (Å²) in [7, 11) is 0. The highest BCUT2D eigenvalue weighted by molar-refractivity contribution is 5.97. The van der Waals surface area contributed by atoms with E-state index in [4.69, 9.17) is 0 Å². The minimum Gasteiger partial charge on any atom is -0.336 e. The quantitative estimate of drug-likeness (QED) is 0.805. The Hall–Kier alpha value is -1.84. The van der Waals surface area contributed by atoms with Gasteiger partial charge in [-0.2, -0.15) is 0 Å². The molecular formula is C15H18N2O2. The number of hydrogen-bond donors (Lipinski definition) is 0. The van der Waals surface area contributed by atoms with Gasteiger partial charge in [0.1, 0.15) is 6.54 Å². The Bertz CT molecular complexity index is 523. The summed E-state index contributed by atoms with van der Waals surface area (Å²) < 4.78 is 0. The summed E-state index contributed by atoms with van der Waals surface area (Å²) in [6.45, 7) is 3.52. The molecule has 0 radical (unpaired) electrons. The lowest BCUT2D eigenvalue weighted by atomic mass is 10.1. The Morgan fingerprint density at radius 1 is 1.26 bits per heavy atom. The van der Waals surface area contributed by atoms with Crippen LogP contribution in [-0.2, 0) is 4.79 Å². The number of carbonyl (C=O) groups excluding carboxylic acids is 2. The van der Waals surface area contributed by atoms with Gasteiger partial charge >= 0.3 is 0 Å². The van der Waals surface area contributed by atoms with Crippen molar-refractivity contribution in [2.24, 2.45) is 0 Å². The predicted molar refractivity (Wildman–Crippen MR) is 71.8 cm³/mol. The van der Waals surface area contributed by atoms with Gasteiger partial charge in [0.2, 0.25) is 5.91 Å². The van der Waals surface area contributed by atoms with Crippen LogP contribution in [0, 0.1) is 6.92 Å². The van der Waals surface area contributed by atoms with E-state index in [0.29, 0.717) is 24.7 Å². The first kappa shape index (κ1) is 12.2. The summed E-state index contributed by atoms with van der Waals surface area (Å²) in [5, 5.41) is 0. The lowest BCUT2D eigenvalue weighted by molar-refractivity contribution is -0.135. The monoisotopic (exact) mass is 258 g/mol. The summed E-state index contributed by atoms with van der Waals surface area (Å²) >= 11 is 0. The lowest BCUT2D eigenvalue weighted by Crippen LogP contribution is -2.52. The van der Waals surface area contributed by atoms with E-state index in [2.05, 4.69) is 0 Å². The van der Waals surface area contributed by atoms with Crippen LogP contribution in [0.5, 0.6) is 0 Å². The van der Waals surface area contributed by atoms with Crippen LogP contribution in [0.25, 0.3) is 0 Å². The first-order chi connectivity index (χ1) is 9.15. The third kappa shape index (κ3) is 2.48.